The number of carbonyl (C=O) groups is 2. The molecule has 0 aliphatic rings. The number of benzene rings is 2. The monoisotopic (exact) mass is 302 g/mol. The number of Topliss-reactive ketones (excluding diaryl/α,β-unsaturated/α-hetero) is 2. The Morgan fingerprint density at radius 1 is 0.682 bits per heavy atom. The van der Waals surface area contributed by atoms with E-state index in [9.17, 15) is 30.0 Å². The van der Waals surface area contributed by atoms with Crippen molar-refractivity contribution in [3.63, 3.8) is 0 Å². The van der Waals surface area contributed by atoms with E-state index in [1.54, 1.807) is 0 Å². The molecule has 6 nitrogen and oxygen atoms in total. The molecule has 0 bridgehead atoms. The summed E-state index contributed by atoms with van der Waals surface area (Å²) in [5.41, 5.74) is 0.0806. The number of hydrogen-bond donors (Lipinski definition) is 4. The van der Waals surface area contributed by atoms with Gasteiger partial charge in [-0.2, -0.15) is 0 Å². The Bertz CT molecular complexity index is 724. The Kier molecular flexibility index (Phi) is 3.77. The highest BCUT2D eigenvalue weighted by atomic mass is 16.3. The van der Waals surface area contributed by atoms with Crippen LogP contribution in [0.5, 0.6) is 23.0 Å². The van der Waals surface area contributed by atoms with Gasteiger partial charge >= 0.3 is 0 Å². The quantitative estimate of drug-likeness (QED) is 0.511. The molecule has 0 unspecified atom stereocenters. The van der Waals surface area contributed by atoms with Gasteiger partial charge in [-0.1, -0.05) is 0 Å². The van der Waals surface area contributed by atoms with Gasteiger partial charge in [-0.25, -0.2) is 0 Å². The van der Waals surface area contributed by atoms with E-state index in [2.05, 4.69) is 0 Å². The van der Waals surface area contributed by atoms with Crippen LogP contribution in [0.25, 0.3) is 11.1 Å². The molecule has 0 saturated carbocycles. The molecule has 4 N–H and O–H groups in total. The first-order chi connectivity index (χ1) is 10.2. The van der Waals surface area contributed by atoms with Crippen LogP contribution >= 0.6 is 0 Å². The van der Waals surface area contributed by atoms with Gasteiger partial charge in [-0.15, -0.1) is 0 Å². The molecule has 2 aromatic carbocycles. The number of aromatic hydroxyl groups is 4. The Morgan fingerprint density at radius 2 is 1.00 bits per heavy atom. The SMILES string of the molecule is CC(=O)c1cc(O)c(O)c(-c2cc(C(C)=O)cc(O)c2O)c1. The topological polar surface area (TPSA) is 115 Å². The minimum atomic E-state index is -0.569. The molecule has 0 aromatic heterocycles. The van der Waals surface area contributed by atoms with Gasteiger partial charge in [0.25, 0.3) is 0 Å². The normalized spacial score (nSPS) is 10.5. The first kappa shape index (κ1) is 15.4. The lowest BCUT2D eigenvalue weighted by molar-refractivity contribution is 0.100. The summed E-state index contributed by atoms with van der Waals surface area (Å²) in [6, 6.07) is 4.70. The summed E-state index contributed by atoms with van der Waals surface area (Å²) in [5, 5.41) is 39.4. The van der Waals surface area contributed by atoms with Crippen LogP contribution in [-0.2, 0) is 0 Å². The molecular formula is C16H14O6. The first-order valence-corrected chi connectivity index (χ1v) is 6.36. The molecule has 0 radical (unpaired) electrons. The van der Waals surface area contributed by atoms with Crippen molar-refractivity contribution in [2.24, 2.45) is 0 Å². The van der Waals surface area contributed by atoms with Gasteiger partial charge < -0.3 is 20.4 Å². The number of ketones is 2. The number of hydrogen-bond acceptors (Lipinski definition) is 6. The molecule has 0 heterocycles. The van der Waals surface area contributed by atoms with Crippen LogP contribution < -0.4 is 0 Å². The van der Waals surface area contributed by atoms with Crippen LogP contribution in [-0.4, -0.2) is 32.0 Å². The smallest absolute Gasteiger partial charge is 0.165 e. The minimum absolute atomic E-state index is 0.0684. The zero-order chi connectivity index (χ0) is 16.6. The second kappa shape index (κ2) is 5.40. The maximum atomic E-state index is 11.5. The molecule has 0 amide bonds. The molecule has 0 aliphatic heterocycles. The zero-order valence-corrected chi connectivity index (χ0v) is 11.9. The molecule has 0 fully saturated rings. The second-order valence-corrected chi connectivity index (χ2v) is 4.90. The summed E-state index contributed by atoms with van der Waals surface area (Å²) >= 11 is 0. The highest BCUT2D eigenvalue weighted by molar-refractivity contribution is 5.99. The van der Waals surface area contributed by atoms with Gasteiger partial charge in [0.15, 0.2) is 34.6 Å². The van der Waals surface area contributed by atoms with E-state index in [4.69, 9.17) is 0 Å². The third-order valence-electron chi connectivity index (χ3n) is 3.28. The lowest BCUT2D eigenvalue weighted by Crippen LogP contribution is -1.96. The van der Waals surface area contributed by atoms with E-state index >= 15 is 0 Å². The maximum Gasteiger partial charge on any atom is 0.165 e. The average molecular weight is 302 g/mol. The van der Waals surface area contributed by atoms with E-state index in [0.717, 1.165) is 12.1 Å². The minimum Gasteiger partial charge on any atom is -0.504 e. The van der Waals surface area contributed by atoms with Crippen LogP contribution in [0.1, 0.15) is 34.6 Å². The van der Waals surface area contributed by atoms with Crippen molar-refractivity contribution in [3.05, 3.63) is 35.4 Å². The van der Waals surface area contributed by atoms with Crippen molar-refractivity contribution < 1.29 is 30.0 Å². The van der Waals surface area contributed by atoms with Crippen LogP contribution in [0.15, 0.2) is 24.3 Å². The van der Waals surface area contributed by atoms with Crippen molar-refractivity contribution in [1.82, 2.24) is 0 Å². The maximum absolute atomic E-state index is 11.5. The summed E-state index contributed by atoms with van der Waals surface area (Å²) < 4.78 is 0. The lowest BCUT2D eigenvalue weighted by atomic mass is 9.96. The van der Waals surface area contributed by atoms with Crippen molar-refractivity contribution in [3.8, 4) is 34.1 Å². The fourth-order valence-electron chi connectivity index (χ4n) is 2.06. The van der Waals surface area contributed by atoms with Crippen molar-refractivity contribution in [1.29, 1.82) is 0 Å². The highest BCUT2D eigenvalue weighted by Gasteiger charge is 2.19. The third kappa shape index (κ3) is 2.58. The highest BCUT2D eigenvalue weighted by Crippen LogP contribution is 2.44. The molecule has 2 rings (SSSR count). The number of phenols is 4. The second-order valence-electron chi connectivity index (χ2n) is 4.90. The fourth-order valence-corrected chi connectivity index (χ4v) is 2.06. The summed E-state index contributed by atoms with van der Waals surface area (Å²) in [6.45, 7) is 2.55. The van der Waals surface area contributed by atoms with Crippen molar-refractivity contribution in [2.45, 2.75) is 13.8 Å². The Hall–Kier alpha value is -3.02. The first-order valence-electron chi connectivity index (χ1n) is 6.36. The van der Waals surface area contributed by atoms with Crippen LogP contribution in [0, 0.1) is 0 Å². The van der Waals surface area contributed by atoms with Crippen LogP contribution in [0.3, 0.4) is 0 Å². The van der Waals surface area contributed by atoms with Gasteiger partial charge in [0.05, 0.1) is 0 Å². The largest absolute Gasteiger partial charge is 0.504 e. The van der Waals surface area contributed by atoms with E-state index in [0.29, 0.717) is 0 Å². The third-order valence-corrected chi connectivity index (χ3v) is 3.28. The van der Waals surface area contributed by atoms with Gasteiger partial charge in [0.2, 0.25) is 0 Å². The van der Waals surface area contributed by atoms with Crippen molar-refractivity contribution >= 4 is 11.6 Å². The van der Waals surface area contributed by atoms with Crippen LogP contribution in [0.4, 0.5) is 0 Å². The van der Waals surface area contributed by atoms with E-state index in [1.165, 1.54) is 26.0 Å². The summed E-state index contributed by atoms with van der Waals surface area (Å²) in [5.74, 6) is -2.95. The Morgan fingerprint density at radius 3 is 1.27 bits per heavy atom. The van der Waals surface area contributed by atoms with Gasteiger partial charge in [-0.3, -0.25) is 9.59 Å². The Labute approximate surface area is 125 Å². The predicted octanol–water partition coefficient (Wildman–Crippen LogP) is 2.58. The summed E-state index contributed by atoms with van der Waals surface area (Å²) in [7, 11) is 0. The average Bonchev–Trinajstić information content (AvgIpc) is 2.44. The molecule has 0 atom stereocenters. The van der Waals surface area contributed by atoms with Gasteiger partial charge in [-0.05, 0) is 38.1 Å². The number of rotatable bonds is 3. The lowest BCUT2D eigenvalue weighted by Gasteiger charge is -2.12. The standard InChI is InChI=1S/C16H14O6/c1-7(17)9-3-11(15(21)13(19)5-9)12-4-10(8(2)18)6-14(20)16(12)22/h3-6,19-22H,1-2H3. The molecule has 6 heteroatoms. The zero-order valence-electron chi connectivity index (χ0n) is 11.9. The van der Waals surface area contributed by atoms with E-state index in [-0.39, 0.29) is 33.8 Å². The molecular weight excluding hydrogens is 288 g/mol. The molecule has 0 saturated heterocycles. The van der Waals surface area contributed by atoms with Crippen molar-refractivity contribution in [2.75, 3.05) is 0 Å². The fraction of sp³-hybridized carbons (Fsp3) is 0.125. The predicted molar refractivity (Wildman–Crippen MR) is 78.5 cm³/mol. The molecule has 0 aliphatic carbocycles. The van der Waals surface area contributed by atoms with E-state index < -0.39 is 23.0 Å². The van der Waals surface area contributed by atoms with Gasteiger partial charge in [0.1, 0.15) is 0 Å². The number of phenolic OH excluding ortho intramolecular Hbond substituents is 4. The van der Waals surface area contributed by atoms with Gasteiger partial charge in [0, 0.05) is 22.3 Å². The molecule has 114 valence electrons. The number of carbonyl (C=O) groups excluding carboxylic acids is 2. The summed E-state index contributed by atoms with van der Waals surface area (Å²) in [4.78, 5) is 22.9. The van der Waals surface area contributed by atoms with E-state index in [1.807, 2.05) is 0 Å². The molecule has 0 spiro atoms. The molecule has 2 aromatic rings. The molecule has 22 heavy (non-hydrogen) atoms. The van der Waals surface area contributed by atoms with Crippen LogP contribution in [0.2, 0.25) is 0 Å². The summed E-state index contributed by atoms with van der Waals surface area (Å²) in [6.07, 6.45) is 0. The Balaban J connectivity index is 2.81.